The minimum atomic E-state index is -4.42. The van der Waals surface area contributed by atoms with Gasteiger partial charge in [-0.1, -0.05) is 0 Å². The molecule has 0 unspecified atom stereocenters. The van der Waals surface area contributed by atoms with Gasteiger partial charge in [0.2, 0.25) is 5.75 Å². The normalized spacial score (nSPS) is 16.7. The molecule has 0 saturated heterocycles. The molecule has 0 atom stereocenters. The lowest BCUT2D eigenvalue weighted by Gasteiger charge is -2.05. The fourth-order valence-corrected chi connectivity index (χ4v) is 2.01. The Kier molecular flexibility index (Phi) is 1.74. The maximum Gasteiger partial charge on any atom is 0.501 e. The third-order valence-corrected chi connectivity index (χ3v) is 2.70. The van der Waals surface area contributed by atoms with E-state index in [4.69, 9.17) is 5.73 Å². The van der Waals surface area contributed by atoms with Crippen LogP contribution >= 0.6 is 0 Å². The van der Waals surface area contributed by atoms with Crippen LogP contribution < -0.4 is 14.1 Å². The van der Waals surface area contributed by atoms with Gasteiger partial charge >= 0.3 is 10.4 Å². The number of benzene rings is 1. The van der Waals surface area contributed by atoms with Gasteiger partial charge in [-0.2, -0.15) is 0 Å². The summed E-state index contributed by atoms with van der Waals surface area (Å²) in [6.45, 7) is 1.28. The molecule has 0 radical (unpaired) electrons. The van der Waals surface area contributed by atoms with E-state index < -0.39 is 39.2 Å². The number of aromatic hydroxyl groups is 1. The van der Waals surface area contributed by atoms with Crippen molar-refractivity contribution in [1.82, 2.24) is 0 Å². The Balaban J connectivity index is 2.90. The zero-order valence-corrected chi connectivity index (χ0v) is 8.26. The highest BCUT2D eigenvalue weighted by Crippen LogP contribution is 2.47. The summed E-state index contributed by atoms with van der Waals surface area (Å²) in [5.74, 6) is -2.91. The van der Waals surface area contributed by atoms with Gasteiger partial charge in [0.15, 0.2) is 17.3 Å². The molecular formula is C7H6FNO5S. The Bertz CT molecular complexity index is 481. The van der Waals surface area contributed by atoms with E-state index >= 15 is 0 Å². The van der Waals surface area contributed by atoms with Gasteiger partial charge in [-0.25, -0.2) is 4.39 Å². The summed E-state index contributed by atoms with van der Waals surface area (Å²) < 4.78 is 44.0. The van der Waals surface area contributed by atoms with Crippen molar-refractivity contribution in [2.24, 2.45) is 0 Å². The monoisotopic (exact) mass is 235 g/mol. The Morgan fingerprint density at radius 1 is 1.33 bits per heavy atom. The largest absolute Gasteiger partial charge is 0.504 e. The number of fused-ring (bicyclic) bond motifs is 4. The van der Waals surface area contributed by atoms with E-state index in [9.17, 15) is 17.9 Å². The van der Waals surface area contributed by atoms with E-state index in [1.807, 2.05) is 0 Å². The zero-order chi connectivity index (χ0) is 11.4. The second kappa shape index (κ2) is 2.66. The molecule has 6 nitrogen and oxygen atoms in total. The average molecular weight is 235 g/mol. The van der Waals surface area contributed by atoms with Gasteiger partial charge in [-0.05, 0) is 6.92 Å². The number of anilines is 1. The molecule has 3 rings (SSSR count). The van der Waals surface area contributed by atoms with Crippen molar-refractivity contribution in [2.45, 2.75) is 6.92 Å². The molecule has 2 aliphatic heterocycles. The van der Waals surface area contributed by atoms with Crippen LogP contribution in [-0.2, 0) is 10.4 Å². The topological polar surface area (TPSA) is 98.9 Å². The number of hydrogen-bond donors (Lipinski definition) is 2. The van der Waals surface area contributed by atoms with Gasteiger partial charge in [0, 0.05) is 5.56 Å². The molecule has 1 aromatic carbocycles. The molecule has 2 aliphatic rings. The molecule has 0 aliphatic carbocycles. The van der Waals surface area contributed by atoms with Gasteiger partial charge in [0.25, 0.3) is 0 Å². The van der Waals surface area contributed by atoms with E-state index in [1.165, 1.54) is 6.92 Å². The number of rotatable bonds is 0. The summed E-state index contributed by atoms with van der Waals surface area (Å²) in [4.78, 5) is 0. The first kappa shape index (κ1) is 9.84. The van der Waals surface area contributed by atoms with Crippen LogP contribution in [0.15, 0.2) is 0 Å². The predicted molar refractivity (Wildman–Crippen MR) is 47.4 cm³/mol. The van der Waals surface area contributed by atoms with Crippen LogP contribution in [0.3, 0.4) is 0 Å². The summed E-state index contributed by atoms with van der Waals surface area (Å²) in [7, 11) is -4.42. The lowest BCUT2D eigenvalue weighted by Crippen LogP contribution is -2.14. The van der Waals surface area contributed by atoms with Crippen molar-refractivity contribution in [1.29, 1.82) is 0 Å². The number of nitrogens with two attached hydrogens (primary N) is 1. The summed E-state index contributed by atoms with van der Waals surface area (Å²) in [6.07, 6.45) is 0. The van der Waals surface area contributed by atoms with E-state index in [2.05, 4.69) is 8.37 Å². The van der Waals surface area contributed by atoms with Crippen molar-refractivity contribution in [3.05, 3.63) is 11.4 Å². The summed E-state index contributed by atoms with van der Waals surface area (Å²) in [5.41, 5.74) is 4.53. The molecular weight excluding hydrogens is 229 g/mol. The maximum absolute atomic E-state index is 13.4. The summed E-state index contributed by atoms with van der Waals surface area (Å²) in [6, 6.07) is 0. The molecule has 1 aromatic rings. The van der Waals surface area contributed by atoms with Crippen molar-refractivity contribution < 1.29 is 26.3 Å². The molecule has 2 bridgehead atoms. The molecule has 82 valence electrons. The molecule has 8 heteroatoms. The van der Waals surface area contributed by atoms with Crippen LogP contribution in [0.1, 0.15) is 5.56 Å². The first-order chi connectivity index (χ1) is 6.83. The highest BCUT2D eigenvalue weighted by Gasteiger charge is 2.34. The van der Waals surface area contributed by atoms with Crippen LogP contribution in [0.2, 0.25) is 0 Å². The highest BCUT2D eigenvalue weighted by molar-refractivity contribution is 7.82. The fourth-order valence-electron chi connectivity index (χ4n) is 1.20. The SMILES string of the molecule is Cc1c(O)c2c(N)c(F)c1OS(=O)(=O)O2. The number of hydrogen-bond acceptors (Lipinski definition) is 6. The number of halogens is 1. The minimum absolute atomic E-state index is 0.0854. The standard InChI is InChI=1S/C7H6FNO5S/c1-2-5(10)7-4(9)3(8)6(2)13-15(11,12)14-7/h10H,9H2,1H3. The fraction of sp³-hybridized carbons (Fsp3) is 0.143. The number of phenolic OH excluding ortho intramolecular Hbond substituents is 1. The number of nitrogen functional groups attached to an aromatic ring is 1. The Labute approximate surface area is 84.4 Å². The van der Waals surface area contributed by atoms with E-state index in [1.54, 1.807) is 0 Å². The molecule has 0 fully saturated rings. The lowest BCUT2D eigenvalue weighted by atomic mass is 10.1. The molecule has 2 heterocycles. The second-order valence-corrected chi connectivity index (χ2v) is 4.08. The van der Waals surface area contributed by atoms with Gasteiger partial charge in [0.1, 0.15) is 5.69 Å². The summed E-state index contributed by atoms with van der Waals surface area (Å²) in [5, 5.41) is 9.44. The Morgan fingerprint density at radius 3 is 2.47 bits per heavy atom. The second-order valence-electron chi connectivity index (χ2n) is 2.93. The van der Waals surface area contributed by atoms with Crippen LogP contribution in [0.25, 0.3) is 0 Å². The number of phenols is 1. The van der Waals surface area contributed by atoms with E-state index in [0.717, 1.165) is 0 Å². The van der Waals surface area contributed by atoms with Crippen molar-refractivity contribution in [3.8, 4) is 17.2 Å². The van der Waals surface area contributed by atoms with Gasteiger partial charge < -0.3 is 19.2 Å². The van der Waals surface area contributed by atoms with Crippen LogP contribution in [0.5, 0.6) is 17.2 Å². The molecule has 3 N–H and O–H groups in total. The molecule has 0 aromatic heterocycles. The third-order valence-electron chi connectivity index (χ3n) is 1.96. The zero-order valence-electron chi connectivity index (χ0n) is 7.44. The first-order valence-corrected chi connectivity index (χ1v) is 5.11. The molecule has 0 saturated carbocycles. The van der Waals surface area contributed by atoms with Crippen LogP contribution in [-0.4, -0.2) is 13.5 Å². The quantitative estimate of drug-likeness (QED) is 0.633. The van der Waals surface area contributed by atoms with E-state index in [-0.39, 0.29) is 5.56 Å². The van der Waals surface area contributed by atoms with Crippen LogP contribution in [0, 0.1) is 12.7 Å². The lowest BCUT2D eigenvalue weighted by molar-refractivity contribution is 0.388. The molecule has 15 heavy (non-hydrogen) atoms. The Morgan fingerprint density at radius 2 is 1.87 bits per heavy atom. The third kappa shape index (κ3) is 1.25. The van der Waals surface area contributed by atoms with Gasteiger partial charge in [-0.3, -0.25) is 0 Å². The Hall–Kier alpha value is -1.70. The maximum atomic E-state index is 13.4. The van der Waals surface area contributed by atoms with E-state index in [0.29, 0.717) is 0 Å². The molecule has 0 spiro atoms. The van der Waals surface area contributed by atoms with Crippen LogP contribution in [0.4, 0.5) is 10.1 Å². The van der Waals surface area contributed by atoms with Crippen molar-refractivity contribution in [3.63, 3.8) is 0 Å². The van der Waals surface area contributed by atoms with Crippen molar-refractivity contribution >= 4 is 16.1 Å². The first-order valence-electron chi connectivity index (χ1n) is 3.78. The highest BCUT2D eigenvalue weighted by atomic mass is 32.3. The van der Waals surface area contributed by atoms with Gasteiger partial charge in [0.05, 0.1) is 0 Å². The molecule has 0 amide bonds. The summed E-state index contributed by atoms with van der Waals surface area (Å²) >= 11 is 0. The average Bonchev–Trinajstić information content (AvgIpc) is 2.29. The predicted octanol–water partition coefficient (Wildman–Crippen LogP) is 0.438. The minimum Gasteiger partial charge on any atom is -0.504 e. The smallest absolute Gasteiger partial charge is 0.501 e. The van der Waals surface area contributed by atoms with Gasteiger partial charge in [-0.15, -0.1) is 8.42 Å². The van der Waals surface area contributed by atoms with Crippen molar-refractivity contribution in [2.75, 3.05) is 5.73 Å².